The van der Waals surface area contributed by atoms with Crippen LogP contribution in [0.2, 0.25) is 0 Å². The summed E-state index contributed by atoms with van der Waals surface area (Å²) in [6.07, 6.45) is 4.67. The third-order valence-electron chi connectivity index (χ3n) is 3.61. The molecule has 0 aliphatic rings. The topological polar surface area (TPSA) is 55.8 Å². The number of aliphatic hydroxyl groups is 1. The van der Waals surface area contributed by atoms with Crippen molar-refractivity contribution in [2.75, 3.05) is 13.7 Å². The Morgan fingerprint density at radius 2 is 2.00 bits per heavy atom. The minimum Gasteiger partial charge on any atom is -0.493 e. The van der Waals surface area contributed by atoms with E-state index in [1.807, 2.05) is 24.3 Å². The molecule has 0 aromatic heterocycles. The van der Waals surface area contributed by atoms with E-state index < -0.39 is 6.10 Å². The van der Waals surface area contributed by atoms with Crippen LogP contribution in [0.5, 0.6) is 5.75 Å². The molecular formula is C20H28O4. The molecule has 0 bridgehead atoms. The highest BCUT2D eigenvalue weighted by atomic mass is 16.5. The van der Waals surface area contributed by atoms with E-state index in [-0.39, 0.29) is 5.97 Å². The second-order valence-electron chi connectivity index (χ2n) is 5.60. The minimum absolute atomic E-state index is 0.217. The van der Waals surface area contributed by atoms with Gasteiger partial charge in [0.25, 0.3) is 0 Å². The summed E-state index contributed by atoms with van der Waals surface area (Å²) in [4.78, 5) is 11.0. The van der Waals surface area contributed by atoms with Gasteiger partial charge in [-0.05, 0) is 18.9 Å². The van der Waals surface area contributed by atoms with Crippen LogP contribution in [-0.4, -0.2) is 24.8 Å². The van der Waals surface area contributed by atoms with Gasteiger partial charge in [0.2, 0.25) is 0 Å². The molecule has 0 unspecified atom stereocenters. The lowest BCUT2D eigenvalue weighted by molar-refractivity contribution is -0.140. The number of hydrogen-bond donors (Lipinski definition) is 1. The first-order valence-corrected chi connectivity index (χ1v) is 8.61. The van der Waals surface area contributed by atoms with Crippen molar-refractivity contribution in [1.29, 1.82) is 0 Å². The number of aliphatic hydroxyl groups excluding tert-OH is 1. The van der Waals surface area contributed by atoms with Crippen LogP contribution in [0.1, 0.15) is 63.5 Å². The first kappa shape index (κ1) is 20.1. The van der Waals surface area contributed by atoms with Gasteiger partial charge in [-0.25, -0.2) is 0 Å². The Balaban J connectivity index is 2.44. The number of benzene rings is 1. The molecule has 1 atom stereocenters. The van der Waals surface area contributed by atoms with Gasteiger partial charge in [-0.2, -0.15) is 0 Å². The van der Waals surface area contributed by atoms with Gasteiger partial charge in [-0.1, -0.05) is 38.0 Å². The van der Waals surface area contributed by atoms with E-state index >= 15 is 0 Å². The average Bonchev–Trinajstić information content (AvgIpc) is 2.61. The van der Waals surface area contributed by atoms with Crippen molar-refractivity contribution in [3.05, 3.63) is 29.8 Å². The molecule has 4 nitrogen and oxygen atoms in total. The monoisotopic (exact) mass is 332 g/mol. The van der Waals surface area contributed by atoms with E-state index in [0.29, 0.717) is 32.3 Å². The maximum Gasteiger partial charge on any atom is 0.305 e. The van der Waals surface area contributed by atoms with E-state index in [2.05, 4.69) is 23.5 Å². The first-order chi connectivity index (χ1) is 11.7. The summed E-state index contributed by atoms with van der Waals surface area (Å²) in [5, 5.41) is 10.3. The summed E-state index contributed by atoms with van der Waals surface area (Å²) >= 11 is 0. The Kier molecular flexibility index (Phi) is 10.4. The van der Waals surface area contributed by atoms with Gasteiger partial charge in [0.1, 0.15) is 5.75 Å². The van der Waals surface area contributed by atoms with Crippen molar-refractivity contribution in [3.8, 4) is 17.6 Å². The van der Waals surface area contributed by atoms with Crippen molar-refractivity contribution < 1.29 is 19.4 Å². The lowest BCUT2D eigenvalue weighted by atomic mass is 10.1. The summed E-state index contributed by atoms with van der Waals surface area (Å²) in [5.74, 6) is 6.47. The van der Waals surface area contributed by atoms with Crippen molar-refractivity contribution >= 4 is 5.97 Å². The molecule has 24 heavy (non-hydrogen) atoms. The molecule has 1 N–H and O–H groups in total. The van der Waals surface area contributed by atoms with E-state index in [0.717, 1.165) is 30.6 Å². The Labute approximate surface area is 145 Å². The summed E-state index contributed by atoms with van der Waals surface area (Å²) in [7, 11) is 1.38. The molecule has 0 spiro atoms. The molecule has 1 aromatic rings. The fourth-order valence-electron chi connectivity index (χ4n) is 2.21. The fraction of sp³-hybridized carbons (Fsp3) is 0.550. The van der Waals surface area contributed by atoms with Crippen LogP contribution >= 0.6 is 0 Å². The quantitative estimate of drug-likeness (QED) is 0.399. The van der Waals surface area contributed by atoms with Crippen molar-refractivity contribution in [2.45, 2.75) is 58.0 Å². The number of esters is 1. The van der Waals surface area contributed by atoms with Crippen LogP contribution < -0.4 is 4.74 Å². The lowest BCUT2D eigenvalue weighted by Gasteiger charge is -2.14. The van der Waals surface area contributed by atoms with Gasteiger partial charge in [0.15, 0.2) is 0 Å². The molecule has 0 aliphatic carbocycles. The number of para-hydroxylation sites is 1. The van der Waals surface area contributed by atoms with Gasteiger partial charge in [0.05, 0.1) is 19.8 Å². The maximum absolute atomic E-state index is 11.0. The van der Waals surface area contributed by atoms with E-state index in [1.165, 1.54) is 7.11 Å². The average molecular weight is 332 g/mol. The molecule has 132 valence electrons. The molecule has 0 saturated carbocycles. The third-order valence-corrected chi connectivity index (χ3v) is 3.61. The first-order valence-electron chi connectivity index (χ1n) is 8.61. The largest absolute Gasteiger partial charge is 0.493 e. The lowest BCUT2D eigenvalue weighted by Crippen LogP contribution is -2.03. The predicted molar refractivity (Wildman–Crippen MR) is 94.7 cm³/mol. The van der Waals surface area contributed by atoms with Crippen molar-refractivity contribution in [2.24, 2.45) is 0 Å². The third kappa shape index (κ3) is 8.03. The molecule has 4 heteroatoms. The van der Waals surface area contributed by atoms with Gasteiger partial charge in [-0.15, -0.1) is 11.8 Å². The number of unbranched alkanes of at least 4 members (excludes halogenated alkanes) is 3. The van der Waals surface area contributed by atoms with Crippen LogP contribution in [-0.2, 0) is 9.53 Å². The number of rotatable bonds is 10. The van der Waals surface area contributed by atoms with Gasteiger partial charge >= 0.3 is 5.97 Å². The predicted octanol–water partition coefficient (Wildman–Crippen LogP) is 4.03. The van der Waals surface area contributed by atoms with Crippen LogP contribution in [0.3, 0.4) is 0 Å². The fourth-order valence-corrected chi connectivity index (χ4v) is 2.21. The number of ether oxygens (including phenoxy) is 2. The molecule has 0 fully saturated rings. The Morgan fingerprint density at radius 3 is 2.75 bits per heavy atom. The highest BCUT2D eigenvalue weighted by Gasteiger charge is 2.11. The zero-order valence-corrected chi connectivity index (χ0v) is 14.7. The standard InChI is InChI=1S/C20H28O4/c1-3-4-11-16-24-19-14-10-9-12-17(19)18(21)13-7-5-6-8-15-20(22)23-2/h9-10,12,14,18,21H,3-4,6,8,11,13,15-16H2,1-2H3/t18-/m1/s1. The Bertz CT molecular complexity index is 542. The normalized spacial score (nSPS) is 11.3. The van der Waals surface area contributed by atoms with Crippen LogP contribution in [0.25, 0.3) is 0 Å². The van der Waals surface area contributed by atoms with Gasteiger partial charge in [-0.3, -0.25) is 4.79 Å². The minimum atomic E-state index is -0.666. The number of hydrogen-bond acceptors (Lipinski definition) is 4. The highest BCUT2D eigenvalue weighted by Crippen LogP contribution is 2.27. The molecular weight excluding hydrogens is 304 g/mol. The van der Waals surface area contributed by atoms with Gasteiger partial charge < -0.3 is 14.6 Å². The summed E-state index contributed by atoms with van der Waals surface area (Å²) < 4.78 is 10.4. The summed E-state index contributed by atoms with van der Waals surface area (Å²) in [5.41, 5.74) is 0.776. The second-order valence-corrected chi connectivity index (χ2v) is 5.60. The zero-order chi connectivity index (χ0) is 17.6. The summed E-state index contributed by atoms with van der Waals surface area (Å²) in [6.45, 7) is 2.82. The Hall–Kier alpha value is -1.99. The van der Waals surface area contributed by atoms with Crippen LogP contribution in [0.4, 0.5) is 0 Å². The van der Waals surface area contributed by atoms with Crippen molar-refractivity contribution in [3.63, 3.8) is 0 Å². The maximum atomic E-state index is 11.0. The zero-order valence-electron chi connectivity index (χ0n) is 14.7. The van der Waals surface area contributed by atoms with Gasteiger partial charge in [0, 0.05) is 24.8 Å². The number of carbonyl (C=O) groups excluding carboxylic acids is 1. The smallest absolute Gasteiger partial charge is 0.305 e. The number of carbonyl (C=O) groups is 1. The van der Waals surface area contributed by atoms with Crippen LogP contribution in [0, 0.1) is 11.8 Å². The van der Waals surface area contributed by atoms with E-state index in [9.17, 15) is 9.90 Å². The van der Waals surface area contributed by atoms with E-state index in [1.54, 1.807) is 0 Å². The molecule has 0 radical (unpaired) electrons. The molecule has 0 amide bonds. The molecule has 1 rings (SSSR count). The SMILES string of the molecule is CCCCCOc1ccccc1[C@H](O)CC#CCCCC(=O)OC. The van der Waals surface area contributed by atoms with Crippen LogP contribution in [0.15, 0.2) is 24.3 Å². The second kappa shape index (κ2) is 12.4. The molecule has 0 aliphatic heterocycles. The molecule has 0 heterocycles. The molecule has 1 aromatic carbocycles. The summed E-state index contributed by atoms with van der Waals surface area (Å²) in [6, 6.07) is 7.55. The Morgan fingerprint density at radius 1 is 1.21 bits per heavy atom. The highest BCUT2D eigenvalue weighted by molar-refractivity contribution is 5.69. The molecule has 0 saturated heterocycles. The van der Waals surface area contributed by atoms with E-state index in [4.69, 9.17) is 4.74 Å². The van der Waals surface area contributed by atoms with Crippen molar-refractivity contribution in [1.82, 2.24) is 0 Å². The number of methoxy groups -OCH3 is 1.